The third-order valence-corrected chi connectivity index (χ3v) is 6.57. The van der Waals surface area contributed by atoms with E-state index in [0.29, 0.717) is 31.2 Å². The number of hydrogen-bond donors (Lipinski definition) is 1. The third kappa shape index (κ3) is 3.87. The Hall–Kier alpha value is -3.21. The molecule has 1 N–H and O–H groups in total. The average Bonchev–Trinajstić information content (AvgIpc) is 3.19. The summed E-state index contributed by atoms with van der Waals surface area (Å²) in [6, 6.07) is 4.86. The number of imidazole rings is 1. The Labute approximate surface area is 193 Å². The molecule has 2 aliphatic rings. The molecule has 34 heavy (non-hydrogen) atoms. The van der Waals surface area contributed by atoms with E-state index in [1.54, 1.807) is 28.5 Å². The molecule has 1 amide bonds. The summed E-state index contributed by atoms with van der Waals surface area (Å²) < 4.78 is 54.8. The molecular weight excluding hydrogens is 452 g/mol. The largest absolute Gasteiger partial charge is 0.349 e. The molecule has 2 aromatic heterocycles. The number of alkyl halides is 3. The number of anilines is 1. The molecule has 7 nitrogen and oxygen atoms in total. The standard InChI is InChI=1S/C23H24F4N6O/c1-14(15-3-2-4-16(19(15)25)20(26)27)29-22-28-7-5-18-30-17(9-33(18)22)21(34)32-12-23(13-32)10-31(11-23)8-6-24/h2-5,7,9,14,20H,6,8,10-13H2,1H3,(H,28,29)/t14-/m1/s1. The number of nitrogens with zero attached hydrogens (tertiary/aromatic N) is 5. The molecule has 2 saturated heterocycles. The van der Waals surface area contributed by atoms with Crippen LogP contribution in [0.3, 0.4) is 0 Å². The highest BCUT2D eigenvalue weighted by Gasteiger charge is 2.53. The monoisotopic (exact) mass is 476 g/mol. The van der Waals surface area contributed by atoms with Gasteiger partial charge in [0.05, 0.1) is 11.6 Å². The summed E-state index contributed by atoms with van der Waals surface area (Å²) in [6.45, 7) is 4.52. The van der Waals surface area contributed by atoms with E-state index in [9.17, 15) is 22.4 Å². The first-order chi connectivity index (χ1) is 16.3. The van der Waals surface area contributed by atoms with E-state index in [0.717, 1.165) is 19.2 Å². The summed E-state index contributed by atoms with van der Waals surface area (Å²) in [6.07, 6.45) is 0.153. The Morgan fingerprint density at radius 1 is 1.18 bits per heavy atom. The average molecular weight is 476 g/mol. The number of benzene rings is 1. The van der Waals surface area contributed by atoms with Crippen LogP contribution in [-0.2, 0) is 0 Å². The van der Waals surface area contributed by atoms with E-state index in [-0.39, 0.29) is 29.3 Å². The SMILES string of the molecule is C[C@@H](Nc1nccc2nc(C(=O)N3CC4(CN(CCF)C4)C3)cn12)c1cccc(C(F)F)c1F. The van der Waals surface area contributed by atoms with Crippen LogP contribution < -0.4 is 5.32 Å². The van der Waals surface area contributed by atoms with E-state index in [2.05, 4.69) is 15.3 Å². The molecule has 180 valence electrons. The van der Waals surface area contributed by atoms with Gasteiger partial charge in [0.1, 0.15) is 23.8 Å². The van der Waals surface area contributed by atoms with Crippen molar-refractivity contribution < 1.29 is 22.4 Å². The number of nitrogens with one attached hydrogen (secondary N) is 1. The van der Waals surface area contributed by atoms with Crippen molar-refractivity contribution >= 4 is 17.5 Å². The summed E-state index contributed by atoms with van der Waals surface area (Å²) in [5, 5.41) is 3.03. The highest BCUT2D eigenvalue weighted by molar-refractivity contribution is 5.93. The molecule has 1 aromatic carbocycles. The first kappa shape index (κ1) is 22.6. The fraction of sp³-hybridized carbons (Fsp3) is 0.435. The molecule has 2 fully saturated rings. The van der Waals surface area contributed by atoms with Gasteiger partial charge in [-0.3, -0.25) is 14.1 Å². The first-order valence-corrected chi connectivity index (χ1v) is 11.0. The normalized spacial score (nSPS) is 18.2. The van der Waals surface area contributed by atoms with Crippen LogP contribution in [0.4, 0.5) is 23.5 Å². The quantitative estimate of drug-likeness (QED) is 0.527. The second-order valence-corrected chi connectivity index (χ2v) is 9.10. The van der Waals surface area contributed by atoms with E-state index in [4.69, 9.17) is 0 Å². The summed E-state index contributed by atoms with van der Waals surface area (Å²) >= 11 is 0. The number of aromatic nitrogens is 3. The molecule has 1 spiro atoms. The summed E-state index contributed by atoms with van der Waals surface area (Å²) in [5.41, 5.74) is 0.220. The number of halogens is 4. The van der Waals surface area contributed by atoms with Gasteiger partial charge >= 0.3 is 0 Å². The predicted octanol–water partition coefficient (Wildman–Crippen LogP) is 3.71. The van der Waals surface area contributed by atoms with E-state index in [1.165, 1.54) is 18.3 Å². The van der Waals surface area contributed by atoms with Gasteiger partial charge < -0.3 is 10.2 Å². The van der Waals surface area contributed by atoms with Crippen molar-refractivity contribution in [3.8, 4) is 0 Å². The summed E-state index contributed by atoms with van der Waals surface area (Å²) in [7, 11) is 0. The number of fused-ring (bicyclic) bond motifs is 1. The van der Waals surface area contributed by atoms with Gasteiger partial charge in [-0.2, -0.15) is 0 Å². The minimum Gasteiger partial charge on any atom is -0.349 e. The zero-order valence-electron chi connectivity index (χ0n) is 18.5. The highest BCUT2D eigenvalue weighted by atomic mass is 19.3. The maximum atomic E-state index is 14.6. The lowest BCUT2D eigenvalue weighted by molar-refractivity contribution is -0.0991. The van der Waals surface area contributed by atoms with Gasteiger partial charge in [-0.15, -0.1) is 0 Å². The molecule has 1 atom stereocenters. The lowest BCUT2D eigenvalue weighted by atomic mass is 9.72. The Morgan fingerprint density at radius 2 is 1.91 bits per heavy atom. The second-order valence-electron chi connectivity index (χ2n) is 9.10. The topological polar surface area (TPSA) is 65.8 Å². The maximum Gasteiger partial charge on any atom is 0.274 e. The van der Waals surface area contributed by atoms with E-state index >= 15 is 0 Å². The first-order valence-electron chi connectivity index (χ1n) is 11.0. The molecular formula is C23H24F4N6O. The molecule has 0 saturated carbocycles. The lowest BCUT2D eigenvalue weighted by Crippen LogP contribution is -2.72. The minimum absolute atomic E-state index is 0.0600. The van der Waals surface area contributed by atoms with Crippen molar-refractivity contribution in [2.75, 3.05) is 44.7 Å². The van der Waals surface area contributed by atoms with Crippen molar-refractivity contribution in [3.63, 3.8) is 0 Å². The van der Waals surface area contributed by atoms with Crippen molar-refractivity contribution in [3.05, 3.63) is 59.3 Å². The Kier molecular flexibility index (Phi) is 5.67. The fourth-order valence-corrected chi connectivity index (χ4v) is 4.92. The smallest absolute Gasteiger partial charge is 0.274 e. The lowest BCUT2D eigenvalue weighted by Gasteiger charge is -2.60. The number of amides is 1. The molecule has 0 bridgehead atoms. The van der Waals surface area contributed by atoms with Gasteiger partial charge in [0.15, 0.2) is 0 Å². The van der Waals surface area contributed by atoms with Crippen LogP contribution in [0.1, 0.15) is 41.0 Å². The minimum atomic E-state index is -2.91. The van der Waals surface area contributed by atoms with Crippen LogP contribution in [0.25, 0.3) is 5.65 Å². The van der Waals surface area contributed by atoms with Crippen molar-refractivity contribution in [1.82, 2.24) is 24.2 Å². The Bertz CT molecular complexity index is 1220. The summed E-state index contributed by atoms with van der Waals surface area (Å²) in [5.74, 6) is -0.855. The molecule has 0 radical (unpaired) electrons. The van der Waals surface area contributed by atoms with E-state index in [1.807, 2.05) is 4.90 Å². The zero-order chi connectivity index (χ0) is 24.0. The van der Waals surface area contributed by atoms with Crippen LogP contribution in [0.5, 0.6) is 0 Å². The van der Waals surface area contributed by atoms with Gasteiger partial charge in [0, 0.05) is 56.1 Å². The molecule has 4 heterocycles. The second kappa shape index (κ2) is 8.53. The molecule has 0 aliphatic carbocycles. The van der Waals surface area contributed by atoms with Gasteiger partial charge in [-0.25, -0.2) is 27.5 Å². The van der Waals surface area contributed by atoms with Crippen molar-refractivity contribution in [2.24, 2.45) is 5.41 Å². The molecule has 2 aliphatic heterocycles. The van der Waals surface area contributed by atoms with Crippen LogP contribution in [0.2, 0.25) is 0 Å². The van der Waals surface area contributed by atoms with Crippen LogP contribution in [-0.4, -0.2) is 69.5 Å². The molecule has 5 rings (SSSR count). The van der Waals surface area contributed by atoms with Crippen LogP contribution in [0.15, 0.2) is 36.7 Å². The fourth-order valence-electron chi connectivity index (χ4n) is 4.92. The summed E-state index contributed by atoms with van der Waals surface area (Å²) in [4.78, 5) is 25.4. The number of carbonyl (C=O) groups is 1. The van der Waals surface area contributed by atoms with Crippen molar-refractivity contribution in [2.45, 2.75) is 19.4 Å². The number of rotatable bonds is 7. The number of carbonyl (C=O) groups excluding carboxylic acids is 1. The maximum absolute atomic E-state index is 14.6. The zero-order valence-corrected chi connectivity index (χ0v) is 18.5. The number of likely N-dealkylation sites (tertiary alicyclic amines) is 2. The van der Waals surface area contributed by atoms with Gasteiger partial charge in [-0.1, -0.05) is 18.2 Å². The van der Waals surface area contributed by atoms with Gasteiger partial charge in [-0.05, 0) is 13.0 Å². The third-order valence-electron chi connectivity index (χ3n) is 6.57. The Morgan fingerprint density at radius 3 is 2.62 bits per heavy atom. The number of hydrogen-bond acceptors (Lipinski definition) is 5. The van der Waals surface area contributed by atoms with Crippen LogP contribution in [0, 0.1) is 11.2 Å². The highest BCUT2D eigenvalue weighted by Crippen LogP contribution is 2.40. The molecule has 0 unspecified atom stereocenters. The molecule has 11 heteroatoms. The predicted molar refractivity (Wildman–Crippen MR) is 117 cm³/mol. The van der Waals surface area contributed by atoms with Crippen LogP contribution >= 0.6 is 0 Å². The van der Waals surface area contributed by atoms with E-state index < -0.39 is 23.8 Å². The van der Waals surface area contributed by atoms with Crippen molar-refractivity contribution in [1.29, 1.82) is 0 Å². The molecule has 3 aromatic rings. The van der Waals surface area contributed by atoms with Gasteiger partial charge in [0.2, 0.25) is 5.95 Å². The van der Waals surface area contributed by atoms with Gasteiger partial charge in [0.25, 0.3) is 12.3 Å². The Balaban J connectivity index is 1.31.